The normalized spacial score (nSPS) is 13.2. The summed E-state index contributed by atoms with van der Waals surface area (Å²) in [6.07, 6.45) is 8.32. The highest BCUT2D eigenvalue weighted by Gasteiger charge is 2.21. The quantitative estimate of drug-likeness (QED) is 0.275. The van der Waals surface area contributed by atoms with Crippen LogP contribution in [0.4, 0.5) is 5.00 Å². The Morgan fingerprint density at radius 1 is 1.28 bits per heavy atom. The fraction of sp³-hybridized carbons (Fsp3) is 0.407. The lowest BCUT2D eigenvalue weighted by atomic mass is 9.97. The van der Waals surface area contributed by atoms with E-state index in [1.165, 1.54) is 35.0 Å². The highest BCUT2D eigenvalue weighted by atomic mass is 32.2. The number of benzene rings is 1. The molecule has 1 amide bonds. The standard InChI is InChI=1S/C27H31N5O2S2/c1-4-14-32-24(16-34-22-12-9-10-18(2)19(22)3)30-31-27(32)35-17-25(33)29-26-21(15-28)20-11-7-5-6-8-13-23(20)36-26/h4,9-10,12H,1,5-8,11,13-14,16-17H2,2-3H3,(H,29,33). The summed E-state index contributed by atoms with van der Waals surface area (Å²) in [4.78, 5) is 14.1. The summed E-state index contributed by atoms with van der Waals surface area (Å²) < 4.78 is 7.93. The van der Waals surface area contributed by atoms with Gasteiger partial charge >= 0.3 is 0 Å². The minimum Gasteiger partial charge on any atom is -0.485 e. The van der Waals surface area contributed by atoms with Crippen LogP contribution in [0.2, 0.25) is 0 Å². The van der Waals surface area contributed by atoms with Crippen molar-refractivity contribution in [3.8, 4) is 11.8 Å². The Kier molecular flexibility index (Phi) is 8.83. The van der Waals surface area contributed by atoms with Crippen molar-refractivity contribution in [3.63, 3.8) is 0 Å². The molecule has 0 saturated heterocycles. The zero-order valence-electron chi connectivity index (χ0n) is 20.8. The average Bonchev–Trinajstić information content (AvgIpc) is 3.38. The number of carbonyl (C=O) groups is 1. The predicted molar refractivity (Wildman–Crippen MR) is 145 cm³/mol. The summed E-state index contributed by atoms with van der Waals surface area (Å²) >= 11 is 2.87. The monoisotopic (exact) mass is 521 g/mol. The fourth-order valence-electron chi connectivity index (χ4n) is 4.29. The van der Waals surface area contributed by atoms with Gasteiger partial charge in [-0.15, -0.1) is 28.1 Å². The molecule has 2 aromatic heterocycles. The third-order valence-electron chi connectivity index (χ3n) is 6.39. The second-order valence-corrected chi connectivity index (χ2v) is 10.9. The molecule has 0 fully saturated rings. The number of nitrogens with one attached hydrogen (secondary N) is 1. The number of hydrogen-bond donors (Lipinski definition) is 1. The van der Waals surface area contributed by atoms with E-state index < -0.39 is 0 Å². The molecule has 3 aromatic rings. The molecule has 0 bridgehead atoms. The van der Waals surface area contributed by atoms with Crippen molar-refractivity contribution in [2.24, 2.45) is 0 Å². The van der Waals surface area contributed by atoms with E-state index in [0.29, 0.717) is 28.1 Å². The smallest absolute Gasteiger partial charge is 0.235 e. The van der Waals surface area contributed by atoms with Gasteiger partial charge in [-0.25, -0.2) is 0 Å². The second-order valence-electron chi connectivity index (χ2n) is 8.86. The molecule has 1 aliphatic carbocycles. The van der Waals surface area contributed by atoms with Crippen LogP contribution in [0.3, 0.4) is 0 Å². The number of nitrogens with zero attached hydrogens (tertiary/aromatic N) is 4. The summed E-state index contributed by atoms with van der Waals surface area (Å²) in [5.74, 6) is 1.49. The Morgan fingerprint density at radius 2 is 2.08 bits per heavy atom. The molecule has 1 aliphatic rings. The van der Waals surface area contributed by atoms with Crippen molar-refractivity contribution in [2.45, 2.75) is 70.7 Å². The van der Waals surface area contributed by atoms with Crippen LogP contribution in [-0.2, 0) is 30.8 Å². The van der Waals surface area contributed by atoms with E-state index in [0.717, 1.165) is 42.6 Å². The lowest BCUT2D eigenvalue weighted by molar-refractivity contribution is -0.113. The Bertz CT molecular complexity index is 1290. The number of aromatic nitrogens is 3. The largest absolute Gasteiger partial charge is 0.485 e. The summed E-state index contributed by atoms with van der Waals surface area (Å²) in [6, 6.07) is 8.30. The third kappa shape index (κ3) is 6.00. The maximum Gasteiger partial charge on any atom is 0.235 e. The first-order valence-electron chi connectivity index (χ1n) is 12.2. The van der Waals surface area contributed by atoms with E-state index in [1.54, 1.807) is 17.4 Å². The van der Waals surface area contributed by atoms with E-state index >= 15 is 0 Å². The van der Waals surface area contributed by atoms with Crippen LogP contribution in [-0.4, -0.2) is 26.4 Å². The second kappa shape index (κ2) is 12.2. The summed E-state index contributed by atoms with van der Waals surface area (Å²) in [6.45, 7) is 8.71. The average molecular weight is 522 g/mol. The zero-order valence-corrected chi connectivity index (χ0v) is 22.4. The lowest BCUT2D eigenvalue weighted by Crippen LogP contribution is -2.15. The van der Waals surface area contributed by atoms with Crippen molar-refractivity contribution in [2.75, 3.05) is 11.1 Å². The molecule has 36 heavy (non-hydrogen) atoms. The molecule has 7 nitrogen and oxygen atoms in total. The first-order chi connectivity index (χ1) is 17.5. The van der Waals surface area contributed by atoms with Gasteiger partial charge in [0.1, 0.15) is 23.4 Å². The third-order valence-corrected chi connectivity index (χ3v) is 8.56. The molecule has 0 saturated carbocycles. The molecule has 0 aliphatic heterocycles. The zero-order chi connectivity index (χ0) is 25.5. The van der Waals surface area contributed by atoms with Crippen molar-refractivity contribution >= 4 is 34.0 Å². The number of nitriles is 1. The van der Waals surface area contributed by atoms with Crippen LogP contribution in [0.5, 0.6) is 5.75 Å². The van der Waals surface area contributed by atoms with Crippen molar-refractivity contribution < 1.29 is 9.53 Å². The van der Waals surface area contributed by atoms with Gasteiger partial charge in [-0.3, -0.25) is 9.36 Å². The van der Waals surface area contributed by atoms with Crippen molar-refractivity contribution in [1.82, 2.24) is 14.8 Å². The van der Waals surface area contributed by atoms with Gasteiger partial charge in [0.25, 0.3) is 0 Å². The predicted octanol–water partition coefficient (Wildman–Crippen LogP) is 5.98. The molecule has 2 heterocycles. The number of thiophene rings is 1. The summed E-state index contributed by atoms with van der Waals surface area (Å²) in [5, 5.41) is 22.6. The van der Waals surface area contributed by atoms with Gasteiger partial charge in [-0.2, -0.15) is 5.26 Å². The number of thioether (sulfide) groups is 1. The van der Waals surface area contributed by atoms with Gasteiger partial charge in [0.2, 0.25) is 5.91 Å². The number of anilines is 1. The van der Waals surface area contributed by atoms with E-state index in [1.807, 2.05) is 23.6 Å². The van der Waals surface area contributed by atoms with E-state index in [2.05, 4.69) is 41.2 Å². The number of ether oxygens (including phenoxy) is 1. The van der Waals surface area contributed by atoms with Crippen LogP contribution in [0.25, 0.3) is 0 Å². The molecule has 0 atom stereocenters. The topological polar surface area (TPSA) is 92.8 Å². The molecule has 0 radical (unpaired) electrons. The van der Waals surface area contributed by atoms with Gasteiger partial charge in [0, 0.05) is 11.4 Å². The van der Waals surface area contributed by atoms with Gasteiger partial charge in [-0.05, 0) is 62.3 Å². The molecular weight excluding hydrogens is 490 g/mol. The number of fused-ring (bicyclic) bond motifs is 1. The van der Waals surface area contributed by atoms with Crippen molar-refractivity contribution in [1.29, 1.82) is 5.26 Å². The molecule has 188 valence electrons. The molecule has 1 N–H and O–H groups in total. The number of allylic oxidation sites excluding steroid dienone is 1. The Morgan fingerprint density at radius 3 is 2.86 bits per heavy atom. The fourth-order valence-corrected chi connectivity index (χ4v) is 6.31. The number of carbonyl (C=O) groups excluding carboxylic acids is 1. The first kappa shape index (κ1) is 26.0. The Hall–Kier alpha value is -3.09. The van der Waals surface area contributed by atoms with Crippen LogP contribution < -0.4 is 10.1 Å². The van der Waals surface area contributed by atoms with Gasteiger partial charge in [0.05, 0.1) is 11.3 Å². The Labute approximate surface area is 220 Å². The SMILES string of the molecule is C=CCn1c(COc2cccc(C)c2C)nnc1SCC(=O)Nc1sc2c(c1C#N)CCCCCC2. The molecule has 1 aromatic carbocycles. The minimum atomic E-state index is -0.160. The summed E-state index contributed by atoms with van der Waals surface area (Å²) in [7, 11) is 0. The highest BCUT2D eigenvalue weighted by molar-refractivity contribution is 7.99. The maximum atomic E-state index is 12.8. The number of aryl methyl sites for hydroxylation is 2. The maximum absolute atomic E-state index is 12.8. The number of hydrogen-bond acceptors (Lipinski definition) is 7. The van der Waals surface area contributed by atoms with Crippen LogP contribution in [0.15, 0.2) is 36.0 Å². The highest BCUT2D eigenvalue weighted by Crippen LogP contribution is 2.36. The number of rotatable bonds is 9. The van der Waals surface area contributed by atoms with Crippen molar-refractivity contribution in [3.05, 3.63) is 63.8 Å². The molecule has 9 heteroatoms. The molecule has 0 unspecified atom stereocenters. The van der Waals surface area contributed by atoms with E-state index in [-0.39, 0.29) is 18.3 Å². The lowest BCUT2D eigenvalue weighted by Gasteiger charge is -2.12. The van der Waals surface area contributed by atoms with E-state index in [9.17, 15) is 10.1 Å². The van der Waals surface area contributed by atoms with Crippen LogP contribution in [0.1, 0.15) is 58.6 Å². The Balaban J connectivity index is 1.41. The minimum absolute atomic E-state index is 0.160. The van der Waals surface area contributed by atoms with Gasteiger partial charge in [-0.1, -0.05) is 42.8 Å². The van der Waals surface area contributed by atoms with Gasteiger partial charge in [0.15, 0.2) is 11.0 Å². The first-order valence-corrected chi connectivity index (χ1v) is 14.0. The van der Waals surface area contributed by atoms with Crippen LogP contribution >= 0.6 is 23.1 Å². The van der Waals surface area contributed by atoms with Crippen LogP contribution in [0, 0.1) is 25.2 Å². The molecule has 4 rings (SSSR count). The summed E-state index contributed by atoms with van der Waals surface area (Å²) in [5.41, 5.74) is 4.02. The molecule has 0 spiro atoms. The van der Waals surface area contributed by atoms with Gasteiger partial charge < -0.3 is 10.1 Å². The molecular formula is C27H31N5O2S2. The number of amides is 1. The van der Waals surface area contributed by atoms with E-state index in [4.69, 9.17) is 4.74 Å².